The van der Waals surface area contributed by atoms with Gasteiger partial charge in [0.1, 0.15) is 5.65 Å². The van der Waals surface area contributed by atoms with Gasteiger partial charge in [0.05, 0.1) is 43.4 Å². The average Bonchev–Trinajstić information content (AvgIpc) is 2.90. The largest absolute Gasteiger partial charge is 0.357 e. The average molecular weight is 508 g/mol. The number of hydrogen-bond acceptors (Lipinski definition) is 9. The van der Waals surface area contributed by atoms with Crippen molar-refractivity contribution in [1.29, 1.82) is 0 Å². The molecule has 11 heteroatoms. The van der Waals surface area contributed by atoms with Gasteiger partial charge in [-0.3, -0.25) is 14.3 Å². The third-order valence-electron chi connectivity index (χ3n) is 6.07. The summed E-state index contributed by atoms with van der Waals surface area (Å²) in [7, 11) is 3.58. The number of rotatable bonds is 6. The molecule has 0 bridgehead atoms. The molecule has 10 nitrogen and oxygen atoms in total. The standard InChI is InChI=1S/C25H26ClN7O3/c1-14-8-29-10-21(31-14)15-4-5-18(20(26)7-15)19-6-16-9-30-25(28-3)32-23(16)33(24(19)34)11-22-35-12-17(27-2)13-36-22/h4-10,17,22,27H,11-13H2,1-3H3,(H,28,30,32). The van der Waals surface area contributed by atoms with Crippen molar-refractivity contribution in [3.63, 3.8) is 0 Å². The Morgan fingerprint density at radius 3 is 2.58 bits per heavy atom. The molecule has 3 aromatic heterocycles. The first kappa shape index (κ1) is 24.3. The normalized spacial score (nSPS) is 17.9. The van der Waals surface area contributed by atoms with Crippen LogP contribution in [-0.4, -0.2) is 64.1 Å². The zero-order chi connectivity index (χ0) is 25.2. The Balaban J connectivity index is 1.59. The highest BCUT2D eigenvalue weighted by molar-refractivity contribution is 6.33. The number of nitrogens with one attached hydrogen (secondary N) is 2. The summed E-state index contributed by atoms with van der Waals surface area (Å²) in [4.78, 5) is 31.4. The SMILES string of the molecule is CNc1ncc2cc(-c3ccc(-c4cncc(C)n4)cc3Cl)c(=O)n(CC3OCC(NC)CO3)c2n1. The Kier molecular flexibility index (Phi) is 6.92. The molecule has 1 fully saturated rings. The maximum Gasteiger partial charge on any atom is 0.260 e. The van der Waals surface area contributed by atoms with Crippen molar-refractivity contribution in [1.82, 2.24) is 29.8 Å². The van der Waals surface area contributed by atoms with Crippen LogP contribution in [0.4, 0.5) is 5.95 Å². The summed E-state index contributed by atoms with van der Waals surface area (Å²) in [5.74, 6) is 0.408. The summed E-state index contributed by atoms with van der Waals surface area (Å²) in [6.07, 6.45) is 4.46. The number of pyridine rings is 1. The number of benzene rings is 1. The van der Waals surface area contributed by atoms with Crippen molar-refractivity contribution >= 4 is 28.6 Å². The van der Waals surface area contributed by atoms with E-state index in [0.717, 1.165) is 11.3 Å². The van der Waals surface area contributed by atoms with E-state index >= 15 is 0 Å². The van der Waals surface area contributed by atoms with E-state index in [4.69, 9.17) is 21.1 Å². The summed E-state index contributed by atoms with van der Waals surface area (Å²) < 4.78 is 13.3. The van der Waals surface area contributed by atoms with Crippen LogP contribution in [0.3, 0.4) is 0 Å². The van der Waals surface area contributed by atoms with E-state index in [2.05, 4.69) is 30.6 Å². The smallest absolute Gasteiger partial charge is 0.260 e. The van der Waals surface area contributed by atoms with Crippen LogP contribution in [0.2, 0.25) is 5.02 Å². The van der Waals surface area contributed by atoms with Gasteiger partial charge < -0.3 is 20.1 Å². The number of ether oxygens (including phenoxy) is 2. The number of likely N-dealkylation sites (N-methyl/N-ethyl adjacent to an activating group) is 1. The molecule has 0 amide bonds. The van der Waals surface area contributed by atoms with Crippen LogP contribution >= 0.6 is 11.6 Å². The molecule has 0 spiro atoms. The van der Waals surface area contributed by atoms with Gasteiger partial charge in [-0.1, -0.05) is 23.7 Å². The number of aromatic nitrogens is 5. The van der Waals surface area contributed by atoms with Crippen LogP contribution in [0.5, 0.6) is 0 Å². The minimum atomic E-state index is -0.587. The first-order valence-electron chi connectivity index (χ1n) is 11.5. The highest BCUT2D eigenvalue weighted by Crippen LogP contribution is 2.31. The molecule has 0 atom stereocenters. The molecule has 0 unspecified atom stereocenters. The maximum atomic E-state index is 13.8. The van der Waals surface area contributed by atoms with Crippen molar-refractivity contribution in [3.05, 3.63) is 63.9 Å². The molecule has 1 saturated heterocycles. The summed E-state index contributed by atoms with van der Waals surface area (Å²) >= 11 is 6.71. The molecular weight excluding hydrogens is 482 g/mol. The second kappa shape index (κ2) is 10.3. The van der Waals surface area contributed by atoms with Gasteiger partial charge in [0, 0.05) is 46.5 Å². The lowest BCUT2D eigenvalue weighted by molar-refractivity contribution is -0.194. The summed E-state index contributed by atoms with van der Waals surface area (Å²) in [5, 5.41) is 7.17. The van der Waals surface area contributed by atoms with E-state index in [1.165, 1.54) is 0 Å². The number of halogens is 1. The van der Waals surface area contributed by atoms with Crippen LogP contribution in [0.1, 0.15) is 5.69 Å². The second-order valence-corrected chi connectivity index (χ2v) is 8.93. The molecule has 1 aliphatic rings. The van der Waals surface area contributed by atoms with Gasteiger partial charge in [0.25, 0.3) is 5.56 Å². The predicted octanol–water partition coefficient (Wildman–Crippen LogP) is 2.88. The van der Waals surface area contributed by atoms with Crippen molar-refractivity contribution < 1.29 is 9.47 Å². The molecule has 2 N–H and O–H groups in total. The van der Waals surface area contributed by atoms with Gasteiger partial charge in [-0.15, -0.1) is 0 Å². The van der Waals surface area contributed by atoms with Gasteiger partial charge in [0.2, 0.25) is 5.95 Å². The van der Waals surface area contributed by atoms with E-state index in [1.54, 1.807) is 42.3 Å². The second-order valence-electron chi connectivity index (χ2n) is 8.52. The zero-order valence-electron chi connectivity index (χ0n) is 20.2. The maximum absolute atomic E-state index is 13.8. The van der Waals surface area contributed by atoms with Crippen LogP contribution < -0.4 is 16.2 Å². The fourth-order valence-electron chi connectivity index (χ4n) is 4.10. The highest BCUT2D eigenvalue weighted by Gasteiger charge is 2.24. The molecule has 1 aliphatic heterocycles. The summed E-state index contributed by atoms with van der Waals surface area (Å²) in [6, 6.07) is 7.36. The molecule has 0 radical (unpaired) electrons. The van der Waals surface area contributed by atoms with Crippen molar-refractivity contribution in [2.45, 2.75) is 25.8 Å². The van der Waals surface area contributed by atoms with Crippen LogP contribution in [0.15, 0.2) is 47.7 Å². The molecule has 0 saturated carbocycles. The molecule has 1 aromatic carbocycles. The van der Waals surface area contributed by atoms with Gasteiger partial charge in [-0.05, 0) is 26.1 Å². The van der Waals surface area contributed by atoms with Crippen LogP contribution in [0, 0.1) is 6.92 Å². The van der Waals surface area contributed by atoms with Crippen LogP contribution in [0.25, 0.3) is 33.4 Å². The third-order valence-corrected chi connectivity index (χ3v) is 6.38. The number of nitrogens with zero attached hydrogens (tertiary/aromatic N) is 5. The Bertz CT molecular complexity index is 1470. The number of hydrogen-bond donors (Lipinski definition) is 2. The lowest BCUT2D eigenvalue weighted by Crippen LogP contribution is -2.45. The molecule has 0 aliphatic carbocycles. The quantitative estimate of drug-likeness (QED) is 0.406. The van der Waals surface area contributed by atoms with Crippen molar-refractivity contribution in [2.24, 2.45) is 0 Å². The van der Waals surface area contributed by atoms with Gasteiger partial charge >= 0.3 is 0 Å². The molecule has 5 rings (SSSR count). The van der Waals surface area contributed by atoms with Gasteiger partial charge in [0.15, 0.2) is 6.29 Å². The lowest BCUT2D eigenvalue weighted by Gasteiger charge is -2.29. The highest BCUT2D eigenvalue weighted by atomic mass is 35.5. The molecular formula is C25H26ClN7O3. The van der Waals surface area contributed by atoms with E-state index in [0.29, 0.717) is 52.0 Å². The zero-order valence-corrected chi connectivity index (χ0v) is 20.9. The van der Waals surface area contributed by atoms with Gasteiger partial charge in [-0.2, -0.15) is 4.98 Å². The van der Waals surface area contributed by atoms with Crippen molar-refractivity contribution in [2.75, 3.05) is 32.6 Å². The van der Waals surface area contributed by atoms with Crippen molar-refractivity contribution in [3.8, 4) is 22.4 Å². The molecule has 186 valence electrons. The Morgan fingerprint density at radius 2 is 1.89 bits per heavy atom. The van der Waals surface area contributed by atoms with Gasteiger partial charge in [-0.25, -0.2) is 9.97 Å². The fourth-order valence-corrected chi connectivity index (χ4v) is 4.38. The Morgan fingerprint density at radius 1 is 1.08 bits per heavy atom. The van der Waals surface area contributed by atoms with E-state index in [1.807, 2.05) is 26.1 Å². The Hall–Kier alpha value is -3.44. The lowest BCUT2D eigenvalue weighted by atomic mass is 10.0. The first-order chi connectivity index (χ1) is 17.5. The number of aryl methyl sites for hydroxylation is 1. The topological polar surface area (TPSA) is 116 Å². The Labute approximate surface area is 212 Å². The predicted molar refractivity (Wildman–Crippen MR) is 138 cm³/mol. The number of fused-ring (bicyclic) bond motifs is 1. The molecule has 36 heavy (non-hydrogen) atoms. The van der Waals surface area contributed by atoms with E-state index in [9.17, 15) is 4.79 Å². The molecule has 4 aromatic rings. The molecule has 4 heterocycles. The fraction of sp³-hybridized carbons (Fsp3) is 0.320. The first-order valence-corrected chi connectivity index (χ1v) is 11.9. The monoisotopic (exact) mass is 507 g/mol. The minimum Gasteiger partial charge on any atom is -0.357 e. The van der Waals surface area contributed by atoms with Crippen LogP contribution in [-0.2, 0) is 16.0 Å². The van der Waals surface area contributed by atoms with E-state index in [-0.39, 0.29) is 18.1 Å². The minimum absolute atomic E-state index is 0.106. The number of anilines is 1. The summed E-state index contributed by atoms with van der Waals surface area (Å²) in [6.45, 7) is 3.03. The third kappa shape index (κ3) is 4.80. The van der Waals surface area contributed by atoms with E-state index < -0.39 is 6.29 Å². The summed E-state index contributed by atoms with van der Waals surface area (Å²) in [5.41, 5.74) is 3.58.